The van der Waals surface area contributed by atoms with Crippen LogP contribution in [0.3, 0.4) is 0 Å². The second-order valence-electron chi connectivity index (χ2n) is 3.05. The molecule has 1 aliphatic heterocycles. The molecule has 0 aromatic heterocycles. The van der Waals surface area contributed by atoms with E-state index in [0.717, 1.165) is 6.07 Å². The number of methoxy groups -OCH3 is 1. The molecule has 1 aromatic rings. The van der Waals surface area contributed by atoms with Crippen LogP contribution >= 0.6 is 0 Å². The topological polar surface area (TPSA) is 23.3 Å². The summed E-state index contributed by atoms with van der Waals surface area (Å²) in [6.45, 7) is 0. The highest BCUT2D eigenvalue weighted by Gasteiger charge is 2.35. The summed E-state index contributed by atoms with van der Waals surface area (Å²) >= 11 is 0. The van der Waals surface area contributed by atoms with Gasteiger partial charge in [0.2, 0.25) is 0 Å². The molecule has 0 saturated carbocycles. The van der Waals surface area contributed by atoms with Crippen LogP contribution < -0.4 is 10.1 Å². The van der Waals surface area contributed by atoms with Gasteiger partial charge in [-0.1, -0.05) is 0 Å². The highest BCUT2D eigenvalue weighted by atomic mass is 19.4. The Morgan fingerprint density at radius 3 is 2.60 bits per heavy atom. The van der Waals surface area contributed by atoms with Crippen molar-refractivity contribution < 1.29 is 17.9 Å². The number of halogens is 3. The van der Waals surface area contributed by atoms with Crippen molar-refractivity contribution in [3.05, 3.63) is 29.5 Å². The Labute approximate surface area is 84.4 Å². The van der Waals surface area contributed by atoms with Gasteiger partial charge in [-0.05, 0) is 18.2 Å². The van der Waals surface area contributed by atoms with E-state index in [1.807, 2.05) is 0 Å². The minimum atomic E-state index is -4.42. The number of fused-ring (bicyclic) bond motifs is 1. The van der Waals surface area contributed by atoms with Gasteiger partial charge in [0.05, 0.1) is 18.4 Å². The van der Waals surface area contributed by atoms with E-state index in [1.165, 1.54) is 19.4 Å². The summed E-state index contributed by atoms with van der Waals surface area (Å²) in [7, 11) is 1.22. The molecule has 0 aliphatic carbocycles. The Morgan fingerprint density at radius 2 is 2.00 bits per heavy atom. The Hall–Kier alpha value is -1.65. The largest absolute Gasteiger partial charge is 0.496 e. The van der Waals surface area contributed by atoms with Crippen LogP contribution in [0.15, 0.2) is 18.3 Å². The van der Waals surface area contributed by atoms with Gasteiger partial charge in [0, 0.05) is 11.8 Å². The molecule has 1 aliphatic rings. The SMILES string of the molecule is COc1cc2c(cc1C(F)(F)F)[N]C=C2. The fourth-order valence-electron chi connectivity index (χ4n) is 1.42. The minimum absolute atomic E-state index is 0.178. The average molecular weight is 214 g/mol. The van der Waals surface area contributed by atoms with Crippen LogP contribution in [0.5, 0.6) is 5.75 Å². The predicted molar refractivity (Wildman–Crippen MR) is 48.8 cm³/mol. The first-order valence-corrected chi connectivity index (χ1v) is 4.19. The molecule has 0 unspecified atom stereocenters. The molecule has 0 bridgehead atoms. The van der Waals surface area contributed by atoms with Crippen molar-refractivity contribution in [2.75, 3.05) is 7.11 Å². The zero-order chi connectivity index (χ0) is 11.1. The van der Waals surface area contributed by atoms with Gasteiger partial charge in [0.1, 0.15) is 5.75 Å². The molecule has 1 heterocycles. The van der Waals surface area contributed by atoms with Crippen LogP contribution in [-0.4, -0.2) is 7.11 Å². The number of ether oxygens (including phenoxy) is 1. The second-order valence-corrected chi connectivity index (χ2v) is 3.05. The molecule has 1 radical (unpaired) electrons. The highest BCUT2D eigenvalue weighted by Crippen LogP contribution is 2.40. The van der Waals surface area contributed by atoms with Crippen LogP contribution in [0, 0.1) is 0 Å². The zero-order valence-electron chi connectivity index (χ0n) is 7.80. The third-order valence-electron chi connectivity index (χ3n) is 2.12. The summed E-state index contributed by atoms with van der Waals surface area (Å²) in [6, 6.07) is 2.33. The lowest BCUT2D eigenvalue weighted by Crippen LogP contribution is -2.08. The quantitative estimate of drug-likeness (QED) is 0.704. The molecule has 2 rings (SSSR count). The third kappa shape index (κ3) is 1.65. The van der Waals surface area contributed by atoms with E-state index in [0.29, 0.717) is 11.3 Å². The predicted octanol–water partition coefficient (Wildman–Crippen LogP) is 2.93. The minimum Gasteiger partial charge on any atom is -0.496 e. The fourth-order valence-corrected chi connectivity index (χ4v) is 1.42. The number of hydrogen-bond donors (Lipinski definition) is 0. The van der Waals surface area contributed by atoms with E-state index < -0.39 is 11.7 Å². The normalized spacial score (nSPS) is 13.6. The van der Waals surface area contributed by atoms with E-state index in [-0.39, 0.29) is 5.75 Å². The van der Waals surface area contributed by atoms with Gasteiger partial charge in [-0.3, -0.25) is 5.32 Å². The van der Waals surface area contributed by atoms with Crippen LogP contribution in [-0.2, 0) is 6.18 Å². The van der Waals surface area contributed by atoms with Gasteiger partial charge in [-0.25, -0.2) is 0 Å². The van der Waals surface area contributed by atoms with E-state index in [2.05, 4.69) is 5.32 Å². The third-order valence-corrected chi connectivity index (χ3v) is 2.12. The molecule has 0 N–H and O–H groups in total. The van der Waals surface area contributed by atoms with Gasteiger partial charge in [-0.15, -0.1) is 0 Å². The molecule has 0 fully saturated rings. The summed E-state index contributed by atoms with van der Waals surface area (Å²) in [4.78, 5) is 0. The van der Waals surface area contributed by atoms with Crippen molar-refractivity contribution in [1.29, 1.82) is 0 Å². The lowest BCUT2D eigenvalue weighted by atomic mass is 10.1. The Bertz CT molecular complexity index is 423. The van der Waals surface area contributed by atoms with Crippen molar-refractivity contribution in [1.82, 2.24) is 5.32 Å². The first kappa shape index (κ1) is 9.89. The molecule has 5 heteroatoms. The van der Waals surface area contributed by atoms with E-state index in [4.69, 9.17) is 4.74 Å². The van der Waals surface area contributed by atoms with E-state index in [9.17, 15) is 13.2 Å². The molecule has 1 aromatic carbocycles. The monoisotopic (exact) mass is 214 g/mol. The lowest BCUT2D eigenvalue weighted by molar-refractivity contribution is -0.138. The number of rotatable bonds is 1. The summed E-state index contributed by atoms with van der Waals surface area (Å²) in [5.41, 5.74) is 0.166. The van der Waals surface area contributed by atoms with Crippen LogP contribution in [0.1, 0.15) is 11.1 Å². The van der Waals surface area contributed by atoms with E-state index >= 15 is 0 Å². The summed E-state index contributed by atoms with van der Waals surface area (Å²) in [5, 5.41) is 3.81. The Balaban J connectivity index is 2.57. The smallest absolute Gasteiger partial charge is 0.420 e. The zero-order valence-corrected chi connectivity index (χ0v) is 7.80. The molecule has 0 spiro atoms. The first-order valence-electron chi connectivity index (χ1n) is 4.19. The molecule has 0 atom stereocenters. The van der Waals surface area contributed by atoms with Gasteiger partial charge < -0.3 is 4.74 Å². The van der Waals surface area contributed by atoms with Crippen LogP contribution in [0.2, 0.25) is 0 Å². The van der Waals surface area contributed by atoms with Gasteiger partial charge in [-0.2, -0.15) is 13.2 Å². The average Bonchev–Trinajstić information content (AvgIpc) is 2.60. The Morgan fingerprint density at radius 1 is 1.27 bits per heavy atom. The summed E-state index contributed by atoms with van der Waals surface area (Å²) in [5.74, 6) is -0.178. The maximum Gasteiger partial charge on any atom is 0.420 e. The van der Waals surface area contributed by atoms with Gasteiger partial charge in [0.15, 0.2) is 0 Å². The van der Waals surface area contributed by atoms with Crippen molar-refractivity contribution in [3.63, 3.8) is 0 Å². The fraction of sp³-hybridized carbons (Fsp3) is 0.200. The molecule has 2 nitrogen and oxygen atoms in total. The second kappa shape index (κ2) is 3.18. The first-order chi connectivity index (χ1) is 7.02. The van der Waals surface area contributed by atoms with Gasteiger partial charge >= 0.3 is 6.18 Å². The van der Waals surface area contributed by atoms with Crippen molar-refractivity contribution in [2.24, 2.45) is 0 Å². The molecular formula is C10H7F3NO. The number of alkyl halides is 3. The maximum atomic E-state index is 12.6. The van der Waals surface area contributed by atoms with Crippen molar-refractivity contribution in [2.45, 2.75) is 6.18 Å². The molecule has 0 amide bonds. The van der Waals surface area contributed by atoms with Gasteiger partial charge in [0.25, 0.3) is 0 Å². The van der Waals surface area contributed by atoms with Crippen LogP contribution in [0.4, 0.5) is 18.9 Å². The summed E-state index contributed by atoms with van der Waals surface area (Å²) in [6.07, 6.45) is -1.32. The number of hydrogen-bond acceptors (Lipinski definition) is 1. The highest BCUT2D eigenvalue weighted by molar-refractivity contribution is 5.72. The van der Waals surface area contributed by atoms with Crippen molar-refractivity contribution in [3.8, 4) is 5.75 Å². The summed E-state index contributed by atoms with van der Waals surface area (Å²) < 4.78 is 42.4. The number of nitrogens with zero attached hydrogens (tertiary/aromatic N) is 1. The molecule has 0 saturated heterocycles. The lowest BCUT2D eigenvalue weighted by Gasteiger charge is -2.13. The molecular weight excluding hydrogens is 207 g/mol. The molecule has 15 heavy (non-hydrogen) atoms. The number of benzene rings is 1. The van der Waals surface area contributed by atoms with Crippen LogP contribution in [0.25, 0.3) is 6.08 Å². The standard InChI is InChI=1S/C10H7F3NO/c1-15-9-4-6-2-3-14-8(6)5-7(9)10(11,12)13/h2-5H,1H3. The van der Waals surface area contributed by atoms with E-state index in [1.54, 1.807) is 6.08 Å². The maximum absolute atomic E-state index is 12.6. The molecule has 79 valence electrons. The Kier molecular flexibility index (Phi) is 2.10. The van der Waals surface area contributed by atoms with Crippen molar-refractivity contribution >= 4 is 11.8 Å².